The molecule has 0 aliphatic carbocycles. The number of hydrogen-bond donors (Lipinski definition) is 1. The standard InChI is InChI=1S/C19H12N6O3/c1-10-7-15(24-28-10)17(26)14-9-22-18-16(14)13(5-6-21-18)11-3-2-4-12(8-11)19(27)23-25-20/h2-9H,1H3,(H,21,22). The molecule has 4 aromatic rings. The predicted molar refractivity (Wildman–Crippen MR) is 99.7 cm³/mol. The van der Waals surface area contributed by atoms with Crippen LogP contribution in [0.4, 0.5) is 0 Å². The fraction of sp³-hybridized carbons (Fsp3) is 0.0526. The maximum atomic E-state index is 12.9. The number of H-pyrrole nitrogens is 1. The smallest absolute Gasteiger partial charge is 0.249 e. The van der Waals surface area contributed by atoms with E-state index in [1.807, 2.05) is 0 Å². The summed E-state index contributed by atoms with van der Waals surface area (Å²) in [6.07, 6.45) is 3.17. The molecule has 136 valence electrons. The molecule has 3 aromatic heterocycles. The Balaban J connectivity index is 1.88. The number of benzene rings is 1. The molecular weight excluding hydrogens is 360 g/mol. The van der Waals surface area contributed by atoms with E-state index >= 15 is 0 Å². The predicted octanol–water partition coefficient (Wildman–Crippen LogP) is 4.21. The largest absolute Gasteiger partial charge is 0.361 e. The van der Waals surface area contributed by atoms with Gasteiger partial charge in [-0.1, -0.05) is 23.4 Å². The molecule has 0 saturated carbocycles. The van der Waals surface area contributed by atoms with Gasteiger partial charge in [0.25, 0.3) is 0 Å². The van der Waals surface area contributed by atoms with Gasteiger partial charge in [-0.15, -0.1) is 0 Å². The molecule has 28 heavy (non-hydrogen) atoms. The Hall–Kier alpha value is -4.23. The van der Waals surface area contributed by atoms with Crippen molar-refractivity contribution in [2.45, 2.75) is 6.92 Å². The summed E-state index contributed by atoms with van der Waals surface area (Å²) in [5.41, 5.74) is 11.2. The fourth-order valence-electron chi connectivity index (χ4n) is 3.01. The molecule has 1 aromatic carbocycles. The zero-order valence-electron chi connectivity index (χ0n) is 14.6. The van der Waals surface area contributed by atoms with Crippen molar-refractivity contribution in [1.82, 2.24) is 15.1 Å². The molecule has 0 fully saturated rings. The van der Waals surface area contributed by atoms with E-state index < -0.39 is 5.91 Å². The van der Waals surface area contributed by atoms with Gasteiger partial charge in [-0.05, 0) is 40.8 Å². The fourth-order valence-corrected chi connectivity index (χ4v) is 3.01. The number of fused-ring (bicyclic) bond motifs is 1. The summed E-state index contributed by atoms with van der Waals surface area (Å²) in [4.78, 5) is 34.6. The number of hydrogen-bond acceptors (Lipinski definition) is 5. The summed E-state index contributed by atoms with van der Waals surface area (Å²) in [5.74, 6) is -0.456. The number of aromatic amines is 1. The molecule has 0 aliphatic rings. The van der Waals surface area contributed by atoms with Crippen molar-refractivity contribution in [2.75, 3.05) is 0 Å². The Morgan fingerprint density at radius 3 is 2.86 bits per heavy atom. The van der Waals surface area contributed by atoms with Crippen molar-refractivity contribution >= 4 is 22.7 Å². The van der Waals surface area contributed by atoms with E-state index in [-0.39, 0.29) is 17.0 Å². The number of nitrogens with zero attached hydrogens (tertiary/aromatic N) is 5. The molecule has 4 rings (SSSR count). The molecule has 3 heterocycles. The van der Waals surface area contributed by atoms with Gasteiger partial charge in [-0.3, -0.25) is 9.59 Å². The molecule has 1 N–H and O–H groups in total. The van der Waals surface area contributed by atoms with Gasteiger partial charge in [0, 0.05) is 34.3 Å². The number of aryl methyl sites for hydroxylation is 1. The highest BCUT2D eigenvalue weighted by Gasteiger charge is 2.21. The molecule has 9 heteroatoms. The second kappa shape index (κ2) is 6.82. The minimum absolute atomic E-state index is 0.195. The molecule has 0 bridgehead atoms. The zero-order chi connectivity index (χ0) is 19.7. The Kier molecular flexibility index (Phi) is 4.19. The van der Waals surface area contributed by atoms with Crippen LogP contribution in [0.1, 0.15) is 32.2 Å². The third-order valence-corrected chi connectivity index (χ3v) is 4.23. The summed E-state index contributed by atoms with van der Waals surface area (Å²) in [7, 11) is 0. The van der Waals surface area contributed by atoms with Gasteiger partial charge < -0.3 is 9.51 Å². The number of carbonyl (C=O) groups is 2. The highest BCUT2D eigenvalue weighted by atomic mass is 16.5. The monoisotopic (exact) mass is 372 g/mol. The minimum atomic E-state index is -0.682. The van der Waals surface area contributed by atoms with E-state index in [1.54, 1.807) is 55.7 Å². The topological polar surface area (TPSA) is 138 Å². The number of nitrogens with one attached hydrogen (secondary N) is 1. The maximum absolute atomic E-state index is 12.9. The quantitative estimate of drug-likeness (QED) is 0.247. The first-order chi connectivity index (χ1) is 13.6. The van der Waals surface area contributed by atoms with Crippen molar-refractivity contribution < 1.29 is 14.1 Å². The third-order valence-electron chi connectivity index (χ3n) is 4.23. The SMILES string of the molecule is Cc1cc(C(=O)c2c[nH]c3nccc(-c4cccc(C(=O)N=[N+]=[N-])c4)c23)no1. The van der Waals surface area contributed by atoms with Gasteiger partial charge in [0.15, 0.2) is 5.69 Å². The molecular formula is C19H12N6O3. The highest BCUT2D eigenvalue weighted by molar-refractivity contribution is 6.18. The number of aromatic nitrogens is 3. The van der Waals surface area contributed by atoms with Crippen LogP contribution >= 0.6 is 0 Å². The average Bonchev–Trinajstić information content (AvgIpc) is 3.34. The summed E-state index contributed by atoms with van der Waals surface area (Å²) in [5, 5.41) is 7.51. The van der Waals surface area contributed by atoms with Gasteiger partial charge in [0.05, 0.1) is 5.56 Å². The van der Waals surface area contributed by atoms with E-state index in [9.17, 15) is 9.59 Å². The lowest BCUT2D eigenvalue weighted by atomic mass is 9.97. The first kappa shape index (κ1) is 17.2. The van der Waals surface area contributed by atoms with Crippen LogP contribution in [0.5, 0.6) is 0 Å². The Labute approximate surface area is 157 Å². The van der Waals surface area contributed by atoms with Crippen LogP contribution in [0, 0.1) is 6.92 Å². The molecule has 9 nitrogen and oxygen atoms in total. The van der Waals surface area contributed by atoms with Gasteiger partial charge in [0.2, 0.25) is 11.7 Å². The van der Waals surface area contributed by atoms with Crippen molar-refractivity contribution in [3.8, 4) is 11.1 Å². The van der Waals surface area contributed by atoms with Gasteiger partial charge in [-0.2, -0.15) is 0 Å². The lowest BCUT2D eigenvalue weighted by molar-refractivity contribution is 0.0998. The van der Waals surface area contributed by atoms with Crippen LogP contribution in [-0.2, 0) is 0 Å². The highest BCUT2D eigenvalue weighted by Crippen LogP contribution is 2.31. The Morgan fingerprint density at radius 1 is 1.25 bits per heavy atom. The molecule has 0 aliphatic heterocycles. The van der Waals surface area contributed by atoms with E-state index in [2.05, 4.69) is 25.2 Å². The number of azide groups is 1. The van der Waals surface area contributed by atoms with Crippen molar-refractivity contribution in [1.29, 1.82) is 0 Å². The average molecular weight is 372 g/mol. The number of ketones is 1. The van der Waals surface area contributed by atoms with Gasteiger partial charge in [-0.25, -0.2) is 4.98 Å². The van der Waals surface area contributed by atoms with Crippen LogP contribution in [-0.4, -0.2) is 26.8 Å². The zero-order valence-corrected chi connectivity index (χ0v) is 14.6. The summed E-state index contributed by atoms with van der Waals surface area (Å²) < 4.78 is 5.00. The Morgan fingerprint density at radius 2 is 2.11 bits per heavy atom. The van der Waals surface area contributed by atoms with Crippen molar-refractivity contribution in [2.24, 2.45) is 5.11 Å². The number of amides is 1. The number of carbonyl (C=O) groups excluding carboxylic acids is 2. The van der Waals surface area contributed by atoms with Gasteiger partial charge >= 0.3 is 0 Å². The van der Waals surface area contributed by atoms with Crippen LogP contribution in [0.25, 0.3) is 32.6 Å². The molecule has 0 unspecified atom stereocenters. The summed E-state index contributed by atoms with van der Waals surface area (Å²) >= 11 is 0. The Bertz CT molecular complexity index is 1280. The van der Waals surface area contributed by atoms with Crippen LogP contribution < -0.4 is 0 Å². The summed E-state index contributed by atoms with van der Waals surface area (Å²) in [6, 6.07) is 9.95. The first-order valence-electron chi connectivity index (χ1n) is 8.22. The lowest BCUT2D eigenvalue weighted by Gasteiger charge is -2.06. The normalized spacial score (nSPS) is 10.6. The molecule has 1 amide bonds. The minimum Gasteiger partial charge on any atom is -0.361 e. The van der Waals surface area contributed by atoms with E-state index in [0.29, 0.717) is 33.5 Å². The van der Waals surface area contributed by atoms with Crippen molar-refractivity contribution in [3.05, 3.63) is 81.8 Å². The second-order valence-electron chi connectivity index (χ2n) is 6.01. The van der Waals surface area contributed by atoms with Crippen LogP contribution in [0.15, 0.2) is 58.4 Å². The second-order valence-corrected chi connectivity index (χ2v) is 6.01. The van der Waals surface area contributed by atoms with E-state index in [4.69, 9.17) is 10.1 Å². The van der Waals surface area contributed by atoms with Gasteiger partial charge in [0.1, 0.15) is 11.4 Å². The summed E-state index contributed by atoms with van der Waals surface area (Å²) in [6.45, 7) is 1.71. The lowest BCUT2D eigenvalue weighted by Crippen LogP contribution is -2.01. The number of pyridine rings is 1. The first-order valence-corrected chi connectivity index (χ1v) is 8.22. The molecule has 0 saturated heterocycles. The third kappa shape index (κ3) is 2.91. The van der Waals surface area contributed by atoms with Crippen LogP contribution in [0.2, 0.25) is 0 Å². The van der Waals surface area contributed by atoms with E-state index in [1.165, 1.54) is 0 Å². The maximum Gasteiger partial charge on any atom is 0.249 e. The van der Waals surface area contributed by atoms with Crippen LogP contribution in [0.3, 0.4) is 0 Å². The molecule has 0 radical (unpaired) electrons. The van der Waals surface area contributed by atoms with E-state index in [0.717, 1.165) is 0 Å². The molecule has 0 spiro atoms. The molecule has 0 atom stereocenters. The number of rotatable bonds is 4. The van der Waals surface area contributed by atoms with Crippen molar-refractivity contribution in [3.63, 3.8) is 0 Å².